The summed E-state index contributed by atoms with van der Waals surface area (Å²) >= 11 is 0. The normalized spacial score (nSPS) is 19.4. The number of benzene rings is 1. The number of likely N-dealkylation sites (tertiary alicyclic amines) is 1. The standard InChI is InChI=1S/C22H27N5O2/c1-26-15-19(14-25-26)22-18(10-21(28)27(22)8-9-29-2)13-24-12-17-5-3-4-16-11-23-7-6-20(16)17/h3-7,11,14-15,18,22,24H,8-10,12-13H2,1-2H3/t18-,22+/m0/s1. The molecule has 1 aromatic carbocycles. The SMILES string of the molecule is COCCN1C(=O)C[C@@H](CNCc2cccc3cnccc23)[C@@H]1c1cnn(C)c1. The van der Waals surface area contributed by atoms with Crippen LogP contribution in [0.4, 0.5) is 0 Å². The Morgan fingerprint density at radius 1 is 1.28 bits per heavy atom. The van der Waals surface area contributed by atoms with Crippen molar-refractivity contribution >= 4 is 16.7 Å². The van der Waals surface area contributed by atoms with E-state index in [0.29, 0.717) is 19.6 Å². The molecule has 1 saturated heterocycles. The molecule has 0 spiro atoms. The molecule has 3 aromatic rings. The molecule has 7 nitrogen and oxygen atoms in total. The van der Waals surface area contributed by atoms with Crippen LogP contribution in [0.15, 0.2) is 49.1 Å². The van der Waals surface area contributed by atoms with Gasteiger partial charge in [-0.3, -0.25) is 14.5 Å². The molecular formula is C22H27N5O2. The first-order valence-corrected chi connectivity index (χ1v) is 9.96. The number of carbonyl (C=O) groups excluding carboxylic acids is 1. The topological polar surface area (TPSA) is 72.3 Å². The van der Waals surface area contributed by atoms with Gasteiger partial charge in [0.25, 0.3) is 0 Å². The number of hydrogen-bond acceptors (Lipinski definition) is 5. The van der Waals surface area contributed by atoms with Crippen LogP contribution in [0.25, 0.3) is 10.8 Å². The molecule has 0 saturated carbocycles. The summed E-state index contributed by atoms with van der Waals surface area (Å²) in [5.74, 6) is 0.374. The molecule has 3 heterocycles. The van der Waals surface area contributed by atoms with E-state index in [1.54, 1.807) is 11.8 Å². The number of pyridine rings is 1. The van der Waals surface area contributed by atoms with E-state index < -0.39 is 0 Å². The van der Waals surface area contributed by atoms with Gasteiger partial charge >= 0.3 is 0 Å². The van der Waals surface area contributed by atoms with Gasteiger partial charge < -0.3 is 15.0 Å². The van der Waals surface area contributed by atoms with Gasteiger partial charge in [-0.05, 0) is 17.0 Å². The van der Waals surface area contributed by atoms with Crippen molar-refractivity contribution in [3.8, 4) is 0 Å². The highest BCUT2D eigenvalue weighted by Gasteiger charge is 2.40. The molecule has 2 atom stereocenters. The number of aryl methyl sites for hydroxylation is 1. The minimum atomic E-state index is 0.0237. The number of rotatable bonds is 8. The molecule has 1 N–H and O–H groups in total. The lowest BCUT2D eigenvalue weighted by Gasteiger charge is -2.27. The molecule has 0 bridgehead atoms. The summed E-state index contributed by atoms with van der Waals surface area (Å²) in [7, 11) is 3.57. The van der Waals surface area contributed by atoms with Gasteiger partial charge in [-0.25, -0.2) is 0 Å². The minimum absolute atomic E-state index is 0.0237. The van der Waals surface area contributed by atoms with Crippen LogP contribution in [0.5, 0.6) is 0 Å². The van der Waals surface area contributed by atoms with Crippen molar-refractivity contribution in [2.75, 3.05) is 26.8 Å². The number of carbonyl (C=O) groups is 1. The summed E-state index contributed by atoms with van der Waals surface area (Å²) in [6.45, 7) is 2.65. The Kier molecular flexibility index (Phi) is 5.87. The number of hydrogen-bond donors (Lipinski definition) is 1. The maximum Gasteiger partial charge on any atom is 0.223 e. The van der Waals surface area contributed by atoms with E-state index >= 15 is 0 Å². The highest BCUT2D eigenvalue weighted by molar-refractivity contribution is 5.84. The summed E-state index contributed by atoms with van der Waals surface area (Å²) in [6, 6.07) is 8.35. The van der Waals surface area contributed by atoms with Gasteiger partial charge in [0.05, 0.1) is 18.8 Å². The lowest BCUT2D eigenvalue weighted by atomic mass is 9.95. The first kappa shape index (κ1) is 19.5. The molecule has 152 valence electrons. The second kappa shape index (κ2) is 8.71. The van der Waals surface area contributed by atoms with Crippen LogP contribution in [0, 0.1) is 5.92 Å². The van der Waals surface area contributed by atoms with Crippen LogP contribution in [-0.4, -0.2) is 52.4 Å². The summed E-state index contributed by atoms with van der Waals surface area (Å²) in [5.41, 5.74) is 2.32. The van der Waals surface area contributed by atoms with Gasteiger partial charge in [-0.1, -0.05) is 18.2 Å². The van der Waals surface area contributed by atoms with Crippen molar-refractivity contribution in [3.63, 3.8) is 0 Å². The summed E-state index contributed by atoms with van der Waals surface area (Å²) in [6.07, 6.45) is 8.13. The summed E-state index contributed by atoms with van der Waals surface area (Å²) in [5, 5.41) is 10.3. The second-order valence-corrected chi connectivity index (χ2v) is 7.58. The Morgan fingerprint density at radius 2 is 2.17 bits per heavy atom. The molecule has 1 aliphatic rings. The smallest absolute Gasteiger partial charge is 0.223 e. The van der Waals surface area contributed by atoms with Crippen LogP contribution in [-0.2, 0) is 23.1 Å². The maximum atomic E-state index is 12.7. The predicted molar refractivity (Wildman–Crippen MR) is 111 cm³/mol. The molecule has 2 aromatic heterocycles. The zero-order valence-electron chi connectivity index (χ0n) is 16.9. The van der Waals surface area contributed by atoms with Crippen molar-refractivity contribution < 1.29 is 9.53 Å². The number of nitrogens with zero attached hydrogens (tertiary/aromatic N) is 4. The minimum Gasteiger partial charge on any atom is -0.383 e. The summed E-state index contributed by atoms with van der Waals surface area (Å²) < 4.78 is 7.01. The van der Waals surface area contributed by atoms with Crippen molar-refractivity contribution in [2.24, 2.45) is 13.0 Å². The van der Waals surface area contributed by atoms with Crippen LogP contribution in [0.1, 0.15) is 23.6 Å². The van der Waals surface area contributed by atoms with Crippen molar-refractivity contribution in [1.29, 1.82) is 0 Å². The fourth-order valence-corrected chi connectivity index (χ4v) is 4.28. The van der Waals surface area contributed by atoms with Crippen molar-refractivity contribution in [1.82, 2.24) is 25.0 Å². The molecule has 0 unspecified atom stereocenters. The maximum absolute atomic E-state index is 12.7. The van der Waals surface area contributed by atoms with E-state index in [4.69, 9.17) is 4.74 Å². The highest BCUT2D eigenvalue weighted by atomic mass is 16.5. The van der Waals surface area contributed by atoms with Gasteiger partial charge in [0.2, 0.25) is 5.91 Å². The lowest BCUT2D eigenvalue weighted by molar-refractivity contribution is -0.129. The van der Waals surface area contributed by atoms with Crippen LogP contribution < -0.4 is 5.32 Å². The Labute approximate surface area is 170 Å². The number of ether oxygens (including phenoxy) is 1. The van der Waals surface area contributed by atoms with E-state index in [1.165, 1.54) is 10.9 Å². The molecule has 1 aliphatic heterocycles. The third kappa shape index (κ3) is 4.16. The molecule has 1 fully saturated rings. The molecule has 0 aliphatic carbocycles. The number of aromatic nitrogens is 3. The fraction of sp³-hybridized carbons (Fsp3) is 0.409. The van der Waals surface area contributed by atoms with Gasteiger partial charge in [-0.2, -0.15) is 5.10 Å². The highest BCUT2D eigenvalue weighted by Crippen LogP contribution is 2.37. The third-order valence-corrected chi connectivity index (χ3v) is 5.64. The van der Waals surface area contributed by atoms with E-state index in [2.05, 4.69) is 39.7 Å². The van der Waals surface area contributed by atoms with E-state index in [9.17, 15) is 4.79 Å². The molecule has 1 amide bonds. The average Bonchev–Trinajstić information content (AvgIpc) is 3.29. The lowest BCUT2D eigenvalue weighted by Crippen LogP contribution is -2.33. The number of nitrogens with one attached hydrogen (secondary N) is 1. The second-order valence-electron chi connectivity index (χ2n) is 7.58. The zero-order chi connectivity index (χ0) is 20.2. The van der Waals surface area contributed by atoms with E-state index in [-0.39, 0.29) is 17.9 Å². The third-order valence-electron chi connectivity index (χ3n) is 5.64. The number of methoxy groups -OCH3 is 1. The van der Waals surface area contributed by atoms with Crippen LogP contribution in [0.3, 0.4) is 0 Å². The summed E-state index contributed by atoms with van der Waals surface area (Å²) in [4.78, 5) is 18.8. The van der Waals surface area contributed by atoms with Crippen molar-refractivity contribution in [2.45, 2.75) is 19.0 Å². The zero-order valence-corrected chi connectivity index (χ0v) is 16.9. The van der Waals surface area contributed by atoms with Gasteiger partial charge in [0, 0.05) is 75.7 Å². The predicted octanol–water partition coefficient (Wildman–Crippen LogP) is 2.29. The molecule has 0 radical (unpaired) electrons. The fourth-order valence-electron chi connectivity index (χ4n) is 4.28. The van der Waals surface area contributed by atoms with Crippen LogP contribution >= 0.6 is 0 Å². The van der Waals surface area contributed by atoms with Gasteiger partial charge in [0.1, 0.15) is 0 Å². The Balaban J connectivity index is 1.48. The average molecular weight is 393 g/mol. The van der Waals surface area contributed by atoms with Gasteiger partial charge in [-0.15, -0.1) is 0 Å². The molecule has 29 heavy (non-hydrogen) atoms. The first-order chi connectivity index (χ1) is 14.2. The molecule has 4 rings (SSSR count). The molecular weight excluding hydrogens is 366 g/mol. The first-order valence-electron chi connectivity index (χ1n) is 9.96. The van der Waals surface area contributed by atoms with Crippen LogP contribution in [0.2, 0.25) is 0 Å². The van der Waals surface area contributed by atoms with E-state index in [1.807, 2.05) is 36.7 Å². The number of fused-ring (bicyclic) bond motifs is 1. The number of amides is 1. The van der Waals surface area contributed by atoms with E-state index in [0.717, 1.165) is 24.0 Å². The Hall–Kier alpha value is -2.77. The van der Waals surface area contributed by atoms with Gasteiger partial charge in [0.15, 0.2) is 0 Å². The Bertz CT molecular complexity index is 981. The quantitative estimate of drug-likeness (QED) is 0.636. The Morgan fingerprint density at radius 3 is 2.97 bits per heavy atom. The molecule has 7 heteroatoms. The monoisotopic (exact) mass is 393 g/mol. The largest absolute Gasteiger partial charge is 0.383 e. The van der Waals surface area contributed by atoms with Crippen molar-refractivity contribution in [3.05, 3.63) is 60.2 Å².